The molecular formula is C12H12F3N3O3. The maximum atomic E-state index is 12.0. The largest absolute Gasteiger partial charge is 0.468 e. The minimum atomic E-state index is -4.43. The molecule has 0 spiro atoms. The maximum absolute atomic E-state index is 12.0. The Morgan fingerprint density at radius 2 is 2.24 bits per heavy atom. The molecule has 1 unspecified atom stereocenters. The first-order valence-electron chi connectivity index (χ1n) is 6.06. The molecule has 21 heavy (non-hydrogen) atoms. The number of hydrogen-bond donors (Lipinski definition) is 2. The summed E-state index contributed by atoms with van der Waals surface area (Å²) in [6.07, 6.45) is -3.13. The average Bonchev–Trinajstić information content (AvgIpc) is 2.84. The summed E-state index contributed by atoms with van der Waals surface area (Å²) < 4.78 is 40.3. The molecule has 1 aromatic heterocycles. The van der Waals surface area contributed by atoms with Crippen molar-refractivity contribution in [1.29, 1.82) is 0 Å². The summed E-state index contributed by atoms with van der Waals surface area (Å²) >= 11 is 0. The van der Waals surface area contributed by atoms with Crippen molar-refractivity contribution in [2.45, 2.75) is 12.6 Å². The number of pyridine rings is 1. The van der Waals surface area contributed by atoms with Crippen LogP contribution < -0.4 is 15.4 Å². The average molecular weight is 303 g/mol. The summed E-state index contributed by atoms with van der Waals surface area (Å²) in [4.78, 5) is 26.4. The van der Waals surface area contributed by atoms with E-state index in [-0.39, 0.29) is 30.7 Å². The van der Waals surface area contributed by atoms with Crippen molar-refractivity contribution in [3.8, 4) is 5.88 Å². The minimum Gasteiger partial charge on any atom is -0.468 e. The second-order valence-electron chi connectivity index (χ2n) is 4.48. The zero-order valence-electron chi connectivity index (χ0n) is 10.7. The molecular weight excluding hydrogens is 291 g/mol. The number of ether oxygens (including phenoxy) is 1. The number of anilines is 1. The fourth-order valence-electron chi connectivity index (χ4n) is 1.73. The van der Waals surface area contributed by atoms with Crippen molar-refractivity contribution >= 4 is 17.5 Å². The van der Waals surface area contributed by atoms with Crippen LogP contribution in [-0.2, 0) is 9.59 Å². The van der Waals surface area contributed by atoms with Gasteiger partial charge in [-0.2, -0.15) is 13.2 Å². The summed E-state index contributed by atoms with van der Waals surface area (Å²) in [5.74, 6) is -1.19. The normalized spacial score (nSPS) is 18.2. The lowest BCUT2D eigenvalue weighted by atomic mass is 10.1. The molecule has 6 nitrogen and oxygen atoms in total. The van der Waals surface area contributed by atoms with Crippen molar-refractivity contribution in [3.63, 3.8) is 0 Å². The zero-order chi connectivity index (χ0) is 15.5. The highest BCUT2D eigenvalue weighted by atomic mass is 19.4. The number of nitrogens with zero attached hydrogens (tertiary/aromatic N) is 1. The van der Waals surface area contributed by atoms with Gasteiger partial charge >= 0.3 is 6.18 Å². The Morgan fingerprint density at radius 1 is 1.48 bits per heavy atom. The molecule has 2 heterocycles. The highest BCUT2D eigenvalue weighted by Gasteiger charge is 2.29. The van der Waals surface area contributed by atoms with E-state index in [4.69, 9.17) is 0 Å². The maximum Gasteiger partial charge on any atom is 0.422 e. The highest BCUT2D eigenvalue weighted by molar-refractivity contribution is 5.97. The Hall–Kier alpha value is -2.32. The molecule has 1 aliphatic rings. The first kappa shape index (κ1) is 15.1. The Balaban J connectivity index is 1.87. The molecule has 1 fully saturated rings. The molecule has 0 aromatic carbocycles. The van der Waals surface area contributed by atoms with Crippen molar-refractivity contribution in [2.24, 2.45) is 5.92 Å². The van der Waals surface area contributed by atoms with Crippen LogP contribution in [0.1, 0.15) is 6.42 Å². The summed E-state index contributed by atoms with van der Waals surface area (Å²) in [6.45, 7) is -1.16. The van der Waals surface area contributed by atoms with Crippen molar-refractivity contribution in [3.05, 3.63) is 18.3 Å². The van der Waals surface area contributed by atoms with Crippen LogP contribution in [0.25, 0.3) is 0 Å². The van der Waals surface area contributed by atoms with Gasteiger partial charge in [-0.15, -0.1) is 0 Å². The van der Waals surface area contributed by atoms with Crippen LogP contribution in [0.2, 0.25) is 0 Å². The van der Waals surface area contributed by atoms with Gasteiger partial charge in [0.25, 0.3) is 0 Å². The van der Waals surface area contributed by atoms with Gasteiger partial charge in [-0.05, 0) is 6.07 Å². The van der Waals surface area contributed by atoms with Crippen LogP contribution in [0.15, 0.2) is 18.3 Å². The third-order valence-corrected chi connectivity index (χ3v) is 2.74. The first-order chi connectivity index (χ1) is 9.83. The predicted octanol–water partition coefficient (Wildman–Crippen LogP) is 1.10. The van der Waals surface area contributed by atoms with E-state index >= 15 is 0 Å². The fourth-order valence-corrected chi connectivity index (χ4v) is 1.73. The van der Waals surface area contributed by atoms with Crippen LogP contribution in [0, 0.1) is 5.92 Å². The van der Waals surface area contributed by atoms with E-state index in [1.807, 2.05) is 0 Å². The van der Waals surface area contributed by atoms with Gasteiger partial charge < -0.3 is 15.4 Å². The van der Waals surface area contributed by atoms with E-state index in [1.165, 1.54) is 18.3 Å². The van der Waals surface area contributed by atoms with E-state index in [2.05, 4.69) is 20.4 Å². The van der Waals surface area contributed by atoms with Gasteiger partial charge in [-0.3, -0.25) is 9.59 Å². The number of nitrogens with one attached hydrogen (secondary N) is 2. The Labute approximate surface area is 117 Å². The Kier molecular flexibility index (Phi) is 4.29. The third kappa shape index (κ3) is 4.62. The summed E-state index contributed by atoms with van der Waals surface area (Å²) in [7, 11) is 0. The Bertz CT molecular complexity index is 531. The van der Waals surface area contributed by atoms with Crippen molar-refractivity contribution in [1.82, 2.24) is 10.3 Å². The van der Waals surface area contributed by atoms with Gasteiger partial charge in [0, 0.05) is 19.0 Å². The smallest absolute Gasteiger partial charge is 0.422 e. The summed E-state index contributed by atoms with van der Waals surface area (Å²) in [5.41, 5.74) is 0.318. The molecule has 2 rings (SSSR count). The number of carbonyl (C=O) groups is 2. The number of alkyl halides is 3. The van der Waals surface area contributed by atoms with E-state index in [1.54, 1.807) is 0 Å². The number of hydrogen-bond acceptors (Lipinski definition) is 4. The molecule has 0 radical (unpaired) electrons. The van der Waals surface area contributed by atoms with Crippen LogP contribution in [-0.4, -0.2) is 36.1 Å². The van der Waals surface area contributed by atoms with E-state index in [0.717, 1.165) is 0 Å². The number of rotatable bonds is 4. The minimum absolute atomic E-state index is 0.117. The van der Waals surface area contributed by atoms with Gasteiger partial charge in [-0.25, -0.2) is 4.98 Å². The quantitative estimate of drug-likeness (QED) is 0.873. The molecule has 9 heteroatoms. The monoisotopic (exact) mass is 303 g/mol. The molecule has 0 aliphatic carbocycles. The van der Waals surface area contributed by atoms with E-state index in [0.29, 0.717) is 5.69 Å². The van der Waals surface area contributed by atoms with Gasteiger partial charge in [0.1, 0.15) is 0 Å². The second kappa shape index (κ2) is 5.98. The van der Waals surface area contributed by atoms with Gasteiger partial charge in [-0.1, -0.05) is 0 Å². The molecule has 1 saturated heterocycles. The topological polar surface area (TPSA) is 80.3 Å². The SMILES string of the molecule is O=C1CC(C(=O)Nc2ccc(OCC(F)(F)F)nc2)CN1. The first-order valence-corrected chi connectivity index (χ1v) is 6.06. The molecule has 0 bridgehead atoms. The van der Waals surface area contributed by atoms with Gasteiger partial charge in [0.2, 0.25) is 17.7 Å². The summed E-state index contributed by atoms with van der Waals surface area (Å²) in [5, 5.41) is 5.07. The molecule has 114 valence electrons. The number of amides is 2. The van der Waals surface area contributed by atoms with Crippen LogP contribution in [0.5, 0.6) is 5.88 Å². The number of aromatic nitrogens is 1. The fraction of sp³-hybridized carbons (Fsp3) is 0.417. The molecule has 1 aromatic rings. The van der Waals surface area contributed by atoms with Crippen molar-refractivity contribution in [2.75, 3.05) is 18.5 Å². The Morgan fingerprint density at radius 3 is 2.76 bits per heavy atom. The number of halogens is 3. The van der Waals surface area contributed by atoms with Gasteiger partial charge in [0.05, 0.1) is 17.8 Å². The lowest BCUT2D eigenvalue weighted by Gasteiger charge is -2.10. The lowest BCUT2D eigenvalue weighted by Crippen LogP contribution is -2.24. The standard InChI is InChI=1S/C12H12F3N3O3/c13-12(14,15)6-21-10-2-1-8(5-17-10)18-11(20)7-3-9(19)16-4-7/h1-2,5,7H,3-4,6H2,(H,16,19)(H,18,20). The molecule has 1 atom stereocenters. The number of carbonyl (C=O) groups excluding carboxylic acids is 2. The molecule has 0 saturated carbocycles. The third-order valence-electron chi connectivity index (χ3n) is 2.74. The molecule has 2 amide bonds. The lowest BCUT2D eigenvalue weighted by molar-refractivity contribution is -0.154. The second-order valence-corrected chi connectivity index (χ2v) is 4.48. The van der Waals surface area contributed by atoms with Crippen LogP contribution >= 0.6 is 0 Å². The summed E-state index contributed by atoms with van der Waals surface area (Å²) in [6, 6.07) is 2.60. The van der Waals surface area contributed by atoms with E-state index < -0.39 is 18.7 Å². The predicted molar refractivity (Wildman–Crippen MR) is 65.5 cm³/mol. The highest BCUT2D eigenvalue weighted by Crippen LogP contribution is 2.19. The van der Waals surface area contributed by atoms with Crippen LogP contribution in [0.4, 0.5) is 18.9 Å². The van der Waals surface area contributed by atoms with Crippen LogP contribution in [0.3, 0.4) is 0 Å². The van der Waals surface area contributed by atoms with Crippen molar-refractivity contribution < 1.29 is 27.5 Å². The molecule has 1 aliphatic heterocycles. The van der Waals surface area contributed by atoms with E-state index in [9.17, 15) is 22.8 Å². The zero-order valence-corrected chi connectivity index (χ0v) is 10.7. The molecule has 2 N–H and O–H groups in total. The van der Waals surface area contributed by atoms with Gasteiger partial charge in [0.15, 0.2) is 6.61 Å².